The van der Waals surface area contributed by atoms with Crippen LogP contribution in [-0.4, -0.2) is 36.2 Å². The number of benzene rings is 2. The third-order valence-corrected chi connectivity index (χ3v) is 5.30. The highest BCUT2D eigenvalue weighted by Crippen LogP contribution is 2.28. The fourth-order valence-electron chi connectivity index (χ4n) is 2.70. The van der Waals surface area contributed by atoms with Crippen LogP contribution in [0, 0.1) is 0 Å². The molecular weight excluding hydrogens is 370 g/mol. The van der Waals surface area contributed by atoms with Crippen LogP contribution in [0.4, 0.5) is 0 Å². The van der Waals surface area contributed by atoms with Gasteiger partial charge in [-0.15, -0.1) is 5.10 Å². The van der Waals surface area contributed by atoms with Crippen molar-refractivity contribution in [2.24, 2.45) is 0 Å². The second-order valence-corrected chi connectivity index (χ2v) is 7.47. The zero-order valence-corrected chi connectivity index (χ0v) is 15.3. The van der Waals surface area contributed by atoms with Crippen molar-refractivity contribution in [2.45, 2.75) is 17.3 Å². The van der Waals surface area contributed by atoms with Gasteiger partial charge in [-0.25, -0.2) is 0 Å². The highest BCUT2D eigenvalue weighted by Gasteiger charge is 2.22. The van der Waals surface area contributed by atoms with Crippen molar-refractivity contribution < 1.29 is 4.79 Å². The normalized spacial score (nSPS) is 12.4. The first-order chi connectivity index (χ1) is 12.6. The van der Waals surface area contributed by atoms with Crippen LogP contribution in [-0.2, 0) is 0 Å². The fourth-order valence-corrected chi connectivity index (χ4v) is 3.70. The van der Waals surface area contributed by atoms with Gasteiger partial charge in [0.2, 0.25) is 5.16 Å². The SMILES string of the molecule is C[C@@H](Sc1nnnn1-c1ccc(Cl)cc1)C(=O)c1c[nH]c2ccccc12. The molecule has 0 spiro atoms. The van der Waals surface area contributed by atoms with Crippen LogP contribution in [0.25, 0.3) is 16.6 Å². The molecule has 1 N–H and O–H groups in total. The maximum Gasteiger partial charge on any atom is 0.214 e. The average Bonchev–Trinajstić information content (AvgIpc) is 3.28. The van der Waals surface area contributed by atoms with E-state index in [0.29, 0.717) is 15.7 Å². The molecule has 0 aliphatic carbocycles. The number of tetrazole rings is 1. The van der Waals surface area contributed by atoms with Gasteiger partial charge in [-0.2, -0.15) is 4.68 Å². The molecule has 0 fully saturated rings. The van der Waals surface area contributed by atoms with Gasteiger partial charge in [-0.3, -0.25) is 4.79 Å². The van der Waals surface area contributed by atoms with Gasteiger partial charge in [0.15, 0.2) is 5.78 Å². The lowest BCUT2D eigenvalue weighted by Crippen LogP contribution is -2.14. The van der Waals surface area contributed by atoms with E-state index >= 15 is 0 Å². The topological polar surface area (TPSA) is 76.5 Å². The van der Waals surface area contributed by atoms with Crippen LogP contribution >= 0.6 is 23.4 Å². The Bertz CT molecular complexity index is 1070. The number of H-pyrrole nitrogens is 1. The molecule has 0 bridgehead atoms. The number of ketones is 1. The average molecular weight is 384 g/mol. The molecule has 6 nitrogen and oxygen atoms in total. The number of carbonyl (C=O) groups excluding carboxylic acids is 1. The van der Waals surface area contributed by atoms with Crippen molar-refractivity contribution >= 4 is 40.0 Å². The lowest BCUT2D eigenvalue weighted by Gasteiger charge is -2.09. The molecule has 2 aromatic carbocycles. The van der Waals surface area contributed by atoms with Gasteiger partial charge >= 0.3 is 0 Å². The summed E-state index contributed by atoms with van der Waals surface area (Å²) in [5.41, 5.74) is 2.40. The van der Waals surface area contributed by atoms with Crippen molar-refractivity contribution in [1.82, 2.24) is 25.2 Å². The predicted octanol–water partition coefficient (Wildman–Crippen LogP) is 4.16. The Kier molecular flexibility index (Phi) is 4.48. The Hall–Kier alpha value is -2.64. The van der Waals surface area contributed by atoms with Crippen molar-refractivity contribution in [3.8, 4) is 5.69 Å². The van der Waals surface area contributed by atoms with E-state index in [1.54, 1.807) is 23.0 Å². The van der Waals surface area contributed by atoms with Crippen LogP contribution in [0.1, 0.15) is 17.3 Å². The number of fused-ring (bicyclic) bond motifs is 1. The summed E-state index contributed by atoms with van der Waals surface area (Å²) in [5.74, 6) is 0.0260. The van der Waals surface area contributed by atoms with E-state index in [1.807, 2.05) is 43.3 Å². The highest BCUT2D eigenvalue weighted by molar-refractivity contribution is 8.00. The number of nitrogens with zero attached hydrogens (tertiary/aromatic N) is 4. The first kappa shape index (κ1) is 16.8. The minimum atomic E-state index is -0.341. The van der Waals surface area contributed by atoms with Crippen molar-refractivity contribution in [2.75, 3.05) is 0 Å². The van der Waals surface area contributed by atoms with E-state index < -0.39 is 0 Å². The summed E-state index contributed by atoms with van der Waals surface area (Å²) in [4.78, 5) is 16.0. The number of halogens is 1. The van der Waals surface area contributed by atoms with Crippen LogP contribution in [0.3, 0.4) is 0 Å². The van der Waals surface area contributed by atoms with Crippen molar-refractivity contribution in [1.29, 1.82) is 0 Å². The molecule has 0 unspecified atom stereocenters. The zero-order valence-electron chi connectivity index (χ0n) is 13.8. The van der Waals surface area contributed by atoms with Gasteiger partial charge in [0.1, 0.15) is 0 Å². The summed E-state index contributed by atoms with van der Waals surface area (Å²) >= 11 is 7.25. The molecule has 4 rings (SSSR count). The Labute approximate surface area is 158 Å². The number of nitrogens with one attached hydrogen (secondary N) is 1. The molecule has 26 heavy (non-hydrogen) atoms. The molecule has 8 heteroatoms. The molecule has 130 valence electrons. The number of hydrogen-bond donors (Lipinski definition) is 1. The summed E-state index contributed by atoms with van der Waals surface area (Å²) in [6.07, 6.45) is 1.76. The monoisotopic (exact) mass is 383 g/mol. The molecule has 0 radical (unpaired) electrons. The van der Waals surface area contributed by atoms with E-state index in [4.69, 9.17) is 11.6 Å². The summed E-state index contributed by atoms with van der Waals surface area (Å²) in [5, 5.41) is 13.6. The minimum absolute atomic E-state index is 0.0260. The van der Waals surface area contributed by atoms with E-state index in [9.17, 15) is 4.79 Å². The van der Waals surface area contributed by atoms with Crippen LogP contribution in [0.15, 0.2) is 59.9 Å². The molecule has 0 saturated carbocycles. The molecular formula is C18H14ClN5OS. The summed E-state index contributed by atoms with van der Waals surface area (Å²) in [7, 11) is 0. The summed E-state index contributed by atoms with van der Waals surface area (Å²) in [6.45, 7) is 1.86. The third kappa shape index (κ3) is 3.11. The third-order valence-electron chi connectivity index (χ3n) is 4.02. The second-order valence-electron chi connectivity index (χ2n) is 5.72. The quantitative estimate of drug-likeness (QED) is 0.413. The molecule has 2 heterocycles. The number of hydrogen-bond acceptors (Lipinski definition) is 5. The number of para-hydroxylation sites is 1. The maximum absolute atomic E-state index is 12.9. The van der Waals surface area contributed by atoms with Crippen molar-refractivity contribution in [3.63, 3.8) is 0 Å². The first-order valence-corrected chi connectivity index (χ1v) is 9.20. The van der Waals surface area contributed by atoms with E-state index in [-0.39, 0.29) is 11.0 Å². The number of rotatable bonds is 5. The smallest absolute Gasteiger partial charge is 0.214 e. The minimum Gasteiger partial charge on any atom is -0.360 e. The maximum atomic E-state index is 12.9. The van der Waals surface area contributed by atoms with Gasteiger partial charge in [0.05, 0.1) is 10.9 Å². The Morgan fingerprint density at radius 3 is 2.77 bits per heavy atom. The lowest BCUT2D eigenvalue weighted by atomic mass is 10.1. The van der Waals surface area contributed by atoms with Gasteiger partial charge in [0, 0.05) is 27.7 Å². The van der Waals surface area contributed by atoms with E-state index in [0.717, 1.165) is 16.6 Å². The van der Waals surface area contributed by atoms with Gasteiger partial charge in [0.25, 0.3) is 0 Å². The number of Topliss-reactive ketones (excluding diaryl/α,β-unsaturated/α-hetero) is 1. The van der Waals surface area contributed by atoms with Gasteiger partial charge < -0.3 is 4.98 Å². The molecule has 0 amide bonds. The van der Waals surface area contributed by atoms with Gasteiger partial charge in [-0.05, 0) is 47.7 Å². The lowest BCUT2D eigenvalue weighted by molar-refractivity contribution is 0.0995. The van der Waals surface area contributed by atoms with E-state index in [2.05, 4.69) is 20.5 Å². The van der Waals surface area contributed by atoms with Crippen molar-refractivity contribution in [3.05, 3.63) is 65.3 Å². The number of carbonyl (C=O) groups is 1. The Morgan fingerprint density at radius 1 is 1.19 bits per heavy atom. The highest BCUT2D eigenvalue weighted by atomic mass is 35.5. The predicted molar refractivity (Wildman–Crippen MR) is 102 cm³/mol. The zero-order chi connectivity index (χ0) is 18.1. The van der Waals surface area contributed by atoms with E-state index in [1.165, 1.54) is 11.8 Å². The Morgan fingerprint density at radius 2 is 1.96 bits per heavy atom. The first-order valence-electron chi connectivity index (χ1n) is 7.95. The van der Waals surface area contributed by atoms with Gasteiger partial charge in [-0.1, -0.05) is 41.6 Å². The van der Waals surface area contributed by atoms with Crippen LogP contribution in [0.5, 0.6) is 0 Å². The molecule has 0 saturated heterocycles. The summed E-state index contributed by atoms with van der Waals surface area (Å²) < 4.78 is 1.60. The molecule has 0 aliphatic rings. The number of thioether (sulfide) groups is 1. The molecule has 0 aliphatic heterocycles. The Balaban J connectivity index is 1.59. The molecule has 2 aromatic heterocycles. The second kappa shape index (κ2) is 6.93. The number of aromatic nitrogens is 5. The summed E-state index contributed by atoms with van der Waals surface area (Å²) in [6, 6.07) is 14.9. The van der Waals surface area contributed by atoms with Crippen LogP contribution < -0.4 is 0 Å². The molecule has 4 aromatic rings. The number of aromatic amines is 1. The fraction of sp³-hybridized carbons (Fsp3) is 0.111. The van der Waals surface area contributed by atoms with Crippen LogP contribution in [0.2, 0.25) is 5.02 Å². The molecule has 1 atom stereocenters. The standard InChI is InChI=1S/C18H14ClN5OS/c1-11(17(25)15-10-20-16-5-3-2-4-14(15)16)26-18-21-22-23-24(18)13-8-6-12(19)7-9-13/h2-11,20H,1H3/t11-/m1/s1. The largest absolute Gasteiger partial charge is 0.360 e.